The summed E-state index contributed by atoms with van der Waals surface area (Å²) in [7, 11) is 1.64. The molecule has 5 rings (SSSR count). The van der Waals surface area contributed by atoms with Gasteiger partial charge >= 0.3 is 6.03 Å². The fourth-order valence-electron chi connectivity index (χ4n) is 4.82. The molecule has 8 heteroatoms. The van der Waals surface area contributed by atoms with Crippen molar-refractivity contribution < 1.29 is 14.3 Å². The number of hydrogen-bond acceptors (Lipinski definition) is 6. The zero-order chi connectivity index (χ0) is 23.7. The molecule has 2 aliphatic rings. The number of amides is 3. The number of ether oxygens (including phenoxy) is 1. The first kappa shape index (κ1) is 22.8. The summed E-state index contributed by atoms with van der Waals surface area (Å²) in [6.45, 7) is 3.87. The van der Waals surface area contributed by atoms with Crippen LogP contribution in [-0.4, -0.2) is 59.1 Å². The molecule has 1 unspecified atom stereocenters. The fourth-order valence-corrected chi connectivity index (χ4v) is 5.95. The minimum absolute atomic E-state index is 0.140. The number of benzene rings is 2. The zero-order valence-corrected chi connectivity index (χ0v) is 20.4. The Balaban J connectivity index is 1.16. The molecule has 1 aromatic heterocycles. The molecule has 2 aliphatic heterocycles. The van der Waals surface area contributed by atoms with Gasteiger partial charge in [0.15, 0.2) is 0 Å². The lowest BCUT2D eigenvalue weighted by Gasteiger charge is -2.33. The summed E-state index contributed by atoms with van der Waals surface area (Å²) in [5.74, 6) is 1.10. The standard InChI is InChI=1S/C26H30N4O3S/c1-26(14-11-18-7-9-20(33-2)10-8-18)24(31)30(25(32)28-26)17-29-15-12-19(13-16-29)23-27-21-5-3-4-6-22(21)34-23/h3-10,19H,11-17H2,1-2H3,(H,28,32). The van der Waals surface area contributed by atoms with Crippen LogP contribution in [0.5, 0.6) is 5.75 Å². The van der Waals surface area contributed by atoms with Crippen LogP contribution in [0.1, 0.15) is 42.7 Å². The molecule has 2 aromatic carbocycles. The number of aromatic nitrogens is 1. The third-order valence-electron chi connectivity index (χ3n) is 7.01. The molecule has 178 valence electrons. The number of para-hydroxylation sites is 1. The summed E-state index contributed by atoms with van der Waals surface area (Å²) in [6.07, 6.45) is 3.23. The third kappa shape index (κ3) is 4.52. The summed E-state index contributed by atoms with van der Waals surface area (Å²) in [5.41, 5.74) is 1.30. The predicted molar refractivity (Wildman–Crippen MR) is 133 cm³/mol. The fraction of sp³-hybridized carbons (Fsp3) is 0.423. The van der Waals surface area contributed by atoms with Gasteiger partial charge in [-0.1, -0.05) is 24.3 Å². The van der Waals surface area contributed by atoms with E-state index >= 15 is 0 Å². The minimum atomic E-state index is -0.879. The molecule has 0 aliphatic carbocycles. The van der Waals surface area contributed by atoms with Gasteiger partial charge in [0, 0.05) is 19.0 Å². The quantitative estimate of drug-likeness (QED) is 0.510. The number of carbonyl (C=O) groups excluding carboxylic acids is 2. The van der Waals surface area contributed by atoms with Gasteiger partial charge in [0.1, 0.15) is 11.3 Å². The topological polar surface area (TPSA) is 74.8 Å². The van der Waals surface area contributed by atoms with Gasteiger partial charge in [-0.15, -0.1) is 11.3 Å². The van der Waals surface area contributed by atoms with Crippen LogP contribution in [0.15, 0.2) is 48.5 Å². The second-order valence-corrected chi connectivity index (χ2v) is 10.5. The van der Waals surface area contributed by atoms with Crippen LogP contribution in [0.3, 0.4) is 0 Å². The Labute approximate surface area is 203 Å². The normalized spacial score (nSPS) is 21.9. The van der Waals surface area contributed by atoms with Crippen LogP contribution in [0.4, 0.5) is 4.79 Å². The molecule has 2 saturated heterocycles. The summed E-state index contributed by atoms with van der Waals surface area (Å²) in [4.78, 5) is 34.3. The van der Waals surface area contributed by atoms with Gasteiger partial charge in [-0.05, 0) is 62.4 Å². The van der Waals surface area contributed by atoms with Gasteiger partial charge in [0.2, 0.25) is 0 Å². The Kier molecular flexibility index (Phi) is 6.27. The van der Waals surface area contributed by atoms with Crippen molar-refractivity contribution in [1.82, 2.24) is 20.1 Å². The lowest BCUT2D eigenvalue weighted by molar-refractivity contribution is -0.132. The van der Waals surface area contributed by atoms with Gasteiger partial charge in [-0.2, -0.15) is 0 Å². The molecule has 0 bridgehead atoms. The molecule has 7 nitrogen and oxygen atoms in total. The number of thiazole rings is 1. The SMILES string of the molecule is COc1ccc(CCC2(C)NC(=O)N(CN3CCC(c4nc5ccccc5s4)CC3)C2=O)cc1. The van der Waals surface area contributed by atoms with Crippen molar-refractivity contribution in [2.24, 2.45) is 0 Å². The smallest absolute Gasteiger partial charge is 0.326 e. The number of nitrogens with one attached hydrogen (secondary N) is 1. The summed E-state index contributed by atoms with van der Waals surface area (Å²) >= 11 is 1.78. The number of carbonyl (C=O) groups is 2. The Morgan fingerprint density at radius 3 is 2.56 bits per heavy atom. The highest BCUT2D eigenvalue weighted by Gasteiger charge is 2.47. The summed E-state index contributed by atoms with van der Waals surface area (Å²) < 4.78 is 6.43. The number of likely N-dealkylation sites (tertiary alicyclic amines) is 1. The number of fused-ring (bicyclic) bond motifs is 1. The minimum Gasteiger partial charge on any atom is -0.497 e. The monoisotopic (exact) mass is 478 g/mol. The highest BCUT2D eigenvalue weighted by Crippen LogP contribution is 2.34. The van der Waals surface area contributed by atoms with Crippen LogP contribution in [-0.2, 0) is 11.2 Å². The Bertz CT molecular complexity index is 1150. The van der Waals surface area contributed by atoms with Crippen LogP contribution >= 0.6 is 11.3 Å². The number of nitrogens with zero attached hydrogens (tertiary/aromatic N) is 3. The van der Waals surface area contributed by atoms with Gasteiger partial charge in [-0.25, -0.2) is 14.7 Å². The maximum atomic E-state index is 13.2. The van der Waals surface area contributed by atoms with E-state index in [0.717, 1.165) is 42.8 Å². The van der Waals surface area contributed by atoms with E-state index in [2.05, 4.69) is 28.4 Å². The van der Waals surface area contributed by atoms with Gasteiger partial charge in [0.05, 0.1) is 29.0 Å². The molecule has 3 amide bonds. The second-order valence-electron chi connectivity index (χ2n) is 9.40. The maximum Gasteiger partial charge on any atom is 0.326 e. The highest BCUT2D eigenvalue weighted by molar-refractivity contribution is 7.18. The van der Waals surface area contributed by atoms with Crippen LogP contribution in [0, 0.1) is 0 Å². The lowest BCUT2D eigenvalue weighted by atomic mass is 9.93. The first-order chi connectivity index (χ1) is 16.4. The molecule has 1 atom stereocenters. The molecule has 2 fully saturated rings. The number of urea groups is 1. The van der Waals surface area contributed by atoms with Crippen molar-refractivity contribution in [1.29, 1.82) is 0 Å². The first-order valence-corrected chi connectivity index (χ1v) is 12.6. The first-order valence-electron chi connectivity index (χ1n) is 11.8. The molecule has 0 saturated carbocycles. The van der Waals surface area contributed by atoms with Crippen LogP contribution in [0.25, 0.3) is 10.2 Å². The van der Waals surface area contributed by atoms with Gasteiger partial charge < -0.3 is 10.1 Å². The van der Waals surface area contributed by atoms with Gasteiger partial charge in [-0.3, -0.25) is 9.69 Å². The van der Waals surface area contributed by atoms with Crippen LogP contribution in [0.2, 0.25) is 0 Å². The average molecular weight is 479 g/mol. The summed E-state index contributed by atoms with van der Waals surface area (Å²) in [5, 5.41) is 4.14. The van der Waals surface area contributed by atoms with E-state index in [0.29, 0.717) is 25.4 Å². The molecule has 0 radical (unpaired) electrons. The molecule has 3 heterocycles. The summed E-state index contributed by atoms with van der Waals surface area (Å²) in [6, 6.07) is 15.8. The van der Waals surface area contributed by atoms with E-state index in [-0.39, 0.29) is 11.9 Å². The molecule has 0 spiro atoms. The maximum absolute atomic E-state index is 13.2. The van der Waals surface area contributed by atoms with E-state index in [9.17, 15) is 9.59 Å². The van der Waals surface area contributed by atoms with Crippen molar-refractivity contribution in [2.75, 3.05) is 26.9 Å². The molecule has 34 heavy (non-hydrogen) atoms. The van der Waals surface area contributed by atoms with Crippen LogP contribution < -0.4 is 10.1 Å². The van der Waals surface area contributed by atoms with E-state index in [4.69, 9.17) is 9.72 Å². The Morgan fingerprint density at radius 1 is 1.12 bits per heavy atom. The average Bonchev–Trinajstić information content (AvgIpc) is 3.38. The number of methoxy groups -OCH3 is 1. The van der Waals surface area contributed by atoms with Crippen molar-refractivity contribution in [3.05, 3.63) is 59.1 Å². The third-order valence-corrected chi connectivity index (χ3v) is 8.21. The van der Waals surface area contributed by atoms with Gasteiger partial charge in [0.25, 0.3) is 5.91 Å². The Morgan fingerprint density at radius 2 is 1.85 bits per heavy atom. The number of aryl methyl sites for hydroxylation is 1. The van der Waals surface area contributed by atoms with E-state index < -0.39 is 5.54 Å². The molecule has 3 aromatic rings. The number of rotatable bonds is 7. The van der Waals surface area contributed by atoms with E-state index in [1.54, 1.807) is 18.4 Å². The largest absolute Gasteiger partial charge is 0.497 e. The van der Waals surface area contributed by atoms with Crippen molar-refractivity contribution >= 4 is 33.5 Å². The molecule has 1 N–H and O–H groups in total. The molecular formula is C26H30N4O3S. The van der Waals surface area contributed by atoms with Crippen molar-refractivity contribution in [3.8, 4) is 5.75 Å². The van der Waals surface area contributed by atoms with Crippen molar-refractivity contribution in [2.45, 2.75) is 44.1 Å². The zero-order valence-electron chi connectivity index (χ0n) is 19.6. The molecular weight excluding hydrogens is 448 g/mol. The Hall–Kier alpha value is -2.97. The second kappa shape index (κ2) is 9.35. The number of imide groups is 1. The number of piperidine rings is 1. The highest BCUT2D eigenvalue weighted by atomic mass is 32.1. The number of hydrogen-bond donors (Lipinski definition) is 1. The van der Waals surface area contributed by atoms with E-state index in [1.807, 2.05) is 37.3 Å². The predicted octanol–water partition coefficient (Wildman–Crippen LogP) is 4.39. The lowest BCUT2D eigenvalue weighted by Crippen LogP contribution is -2.47. The van der Waals surface area contributed by atoms with E-state index in [1.165, 1.54) is 14.6 Å². The van der Waals surface area contributed by atoms with Crippen molar-refractivity contribution in [3.63, 3.8) is 0 Å².